The third-order valence-electron chi connectivity index (χ3n) is 4.86. The van der Waals surface area contributed by atoms with E-state index in [0.29, 0.717) is 13.1 Å². The van der Waals surface area contributed by atoms with Crippen LogP contribution in [0.3, 0.4) is 0 Å². The van der Waals surface area contributed by atoms with E-state index in [1.807, 2.05) is 44.4 Å². The van der Waals surface area contributed by atoms with E-state index in [4.69, 9.17) is 4.74 Å². The molecule has 6 nitrogen and oxygen atoms in total. The molecule has 1 aliphatic heterocycles. The van der Waals surface area contributed by atoms with Crippen molar-refractivity contribution in [2.45, 2.75) is 26.4 Å². The molecule has 1 aliphatic rings. The first kappa shape index (κ1) is 19.0. The maximum absolute atomic E-state index is 12.8. The van der Waals surface area contributed by atoms with E-state index in [0.717, 1.165) is 27.9 Å². The Balaban J connectivity index is 1.50. The third-order valence-corrected chi connectivity index (χ3v) is 4.86. The highest BCUT2D eigenvalue weighted by Gasteiger charge is 2.31. The van der Waals surface area contributed by atoms with Crippen molar-refractivity contribution in [1.82, 2.24) is 19.7 Å². The highest BCUT2D eigenvalue weighted by molar-refractivity contribution is 6.00. The maximum atomic E-state index is 12.8. The first-order chi connectivity index (χ1) is 13.9. The van der Waals surface area contributed by atoms with Crippen LogP contribution in [0, 0.1) is 6.92 Å². The largest absolute Gasteiger partial charge is 0.471 e. The van der Waals surface area contributed by atoms with Crippen LogP contribution >= 0.6 is 0 Å². The summed E-state index contributed by atoms with van der Waals surface area (Å²) in [6.45, 7) is 1.98. The van der Waals surface area contributed by atoms with Crippen molar-refractivity contribution in [3.8, 4) is 17.0 Å². The Labute approximate surface area is 166 Å². The number of hydrogen-bond acceptors (Lipinski definition) is 4. The van der Waals surface area contributed by atoms with E-state index in [2.05, 4.69) is 10.1 Å². The minimum absolute atomic E-state index is 0.0299. The molecule has 1 aromatic carbocycles. The zero-order valence-electron chi connectivity index (χ0n) is 16.1. The van der Waals surface area contributed by atoms with E-state index in [-0.39, 0.29) is 17.4 Å². The molecule has 3 aromatic rings. The average Bonchev–Trinajstić information content (AvgIpc) is 3.19. The van der Waals surface area contributed by atoms with Crippen molar-refractivity contribution >= 4 is 5.91 Å². The number of carbonyl (C=O) groups excluding carboxylic acids is 1. The molecule has 0 unspecified atom stereocenters. The highest BCUT2D eigenvalue weighted by atomic mass is 19.3. The second-order valence-corrected chi connectivity index (χ2v) is 7.01. The van der Waals surface area contributed by atoms with Crippen LogP contribution in [0.1, 0.15) is 27.2 Å². The molecule has 2 aromatic heterocycles. The number of fused-ring (bicyclic) bond motifs is 1. The lowest BCUT2D eigenvalue weighted by atomic mass is 10.0. The van der Waals surface area contributed by atoms with Crippen LogP contribution in [0.4, 0.5) is 8.78 Å². The minimum Gasteiger partial charge on any atom is -0.471 e. The summed E-state index contributed by atoms with van der Waals surface area (Å²) in [5, 5.41) is 4.36. The molecule has 3 heterocycles. The van der Waals surface area contributed by atoms with Gasteiger partial charge in [0.25, 0.3) is 12.3 Å². The number of carbonyl (C=O) groups is 1. The van der Waals surface area contributed by atoms with Gasteiger partial charge in [0.1, 0.15) is 5.56 Å². The van der Waals surface area contributed by atoms with Crippen molar-refractivity contribution in [3.63, 3.8) is 0 Å². The molecule has 8 heteroatoms. The van der Waals surface area contributed by atoms with Crippen LogP contribution < -0.4 is 4.74 Å². The second-order valence-electron chi connectivity index (χ2n) is 7.01. The summed E-state index contributed by atoms with van der Waals surface area (Å²) in [7, 11) is 1.88. The highest BCUT2D eigenvalue weighted by Crippen LogP contribution is 2.31. The van der Waals surface area contributed by atoms with Crippen molar-refractivity contribution in [3.05, 3.63) is 65.1 Å². The van der Waals surface area contributed by atoms with Gasteiger partial charge in [-0.3, -0.25) is 9.48 Å². The van der Waals surface area contributed by atoms with Crippen molar-refractivity contribution < 1.29 is 18.3 Å². The Bertz CT molecular complexity index is 1050. The number of alkyl halides is 2. The van der Waals surface area contributed by atoms with E-state index in [9.17, 15) is 13.6 Å². The van der Waals surface area contributed by atoms with Gasteiger partial charge in [-0.2, -0.15) is 5.10 Å². The Kier molecular flexibility index (Phi) is 5.00. The molecule has 150 valence electrons. The fraction of sp³-hybridized carbons (Fsp3) is 0.286. The minimum atomic E-state index is -2.62. The van der Waals surface area contributed by atoms with Crippen molar-refractivity contribution in [1.29, 1.82) is 0 Å². The van der Waals surface area contributed by atoms with E-state index >= 15 is 0 Å². The molecule has 0 bridgehead atoms. The fourth-order valence-corrected chi connectivity index (χ4v) is 3.55. The molecule has 0 spiro atoms. The molecule has 29 heavy (non-hydrogen) atoms. The number of ether oxygens (including phenoxy) is 1. The normalized spacial score (nSPS) is 13.3. The Hall–Kier alpha value is -3.29. The number of aryl methyl sites for hydroxylation is 2. The monoisotopic (exact) mass is 398 g/mol. The molecule has 0 saturated carbocycles. The SMILES string of the molecule is Cc1nn(C)cc1-c1ccc(CN2Cc3ccnc(OCC(F)F)c3C2=O)cc1. The zero-order valence-corrected chi connectivity index (χ0v) is 16.1. The number of rotatable bonds is 6. The molecule has 0 saturated heterocycles. The van der Waals surface area contributed by atoms with E-state index in [1.54, 1.807) is 15.6 Å². The van der Waals surface area contributed by atoms with Gasteiger partial charge in [0.15, 0.2) is 6.61 Å². The molecule has 0 fully saturated rings. The van der Waals surface area contributed by atoms with E-state index < -0.39 is 13.0 Å². The van der Waals surface area contributed by atoms with Gasteiger partial charge in [-0.25, -0.2) is 13.8 Å². The number of pyridine rings is 1. The molecule has 0 aliphatic carbocycles. The van der Waals surface area contributed by atoms with Gasteiger partial charge in [-0.1, -0.05) is 24.3 Å². The summed E-state index contributed by atoms with van der Waals surface area (Å²) in [4.78, 5) is 18.4. The molecule has 4 rings (SSSR count). The van der Waals surface area contributed by atoms with Crippen LogP contribution in [0.15, 0.2) is 42.7 Å². The molecular weight excluding hydrogens is 378 g/mol. The lowest BCUT2D eigenvalue weighted by molar-refractivity contribution is 0.0719. The van der Waals surface area contributed by atoms with Crippen LogP contribution in [0.5, 0.6) is 5.88 Å². The lowest BCUT2D eigenvalue weighted by Crippen LogP contribution is -2.23. The number of nitrogens with zero attached hydrogens (tertiary/aromatic N) is 4. The average molecular weight is 398 g/mol. The topological polar surface area (TPSA) is 60.3 Å². The number of benzene rings is 1. The summed E-state index contributed by atoms with van der Waals surface area (Å²) >= 11 is 0. The summed E-state index contributed by atoms with van der Waals surface area (Å²) in [6, 6.07) is 9.68. The summed E-state index contributed by atoms with van der Waals surface area (Å²) < 4.78 is 31.7. The summed E-state index contributed by atoms with van der Waals surface area (Å²) in [5.41, 5.74) is 5.05. The molecule has 0 radical (unpaired) electrons. The maximum Gasteiger partial charge on any atom is 0.272 e. The summed E-state index contributed by atoms with van der Waals surface area (Å²) in [6.07, 6.45) is 0.822. The van der Waals surface area contributed by atoms with Gasteiger partial charge in [0, 0.05) is 38.1 Å². The van der Waals surface area contributed by atoms with Crippen LogP contribution in [-0.4, -0.2) is 38.6 Å². The molecule has 1 amide bonds. The second kappa shape index (κ2) is 7.62. The van der Waals surface area contributed by atoms with Gasteiger partial charge < -0.3 is 9.64 Å². The Morgan fingerprint density at radius 1 is 1.21 bits per heavy atom. The Morgan fingerprint density at radius 3 is 2.62 bits per heavy atom. The number of halogens is 2. The molecular formula is C21H20F2N4O2. The predicted octanol–water partition coefficient (Wildman–Crippen LogP) is 3.59. The predicted molar refractivity (Wildman–Crippen MR) is 103 cm³/mol. The number of amides is 1. The van der Waals surface area contributed by atoms with Crippen LogP contribution in [-0.2, 0) is 20.1 Å². The van der Waals surface area contributed by atoms with Crippen molar-refractivity contribution in [2.75, 3.05) is 6.61 Å². The quantitative estimate of drug-likeness (QED) is 0.637. The van der Waals surface area contributed by atoms with Crippen LogP contribution in [0.2, 0.25) is 0 Å². The van der Waals surface area contributed by atoms with Gasteiger partial charge in [0.2, 0.25) is 5.88 Å². The Morgan fingerprint density at radius 2 is 1.97 bits per heavy atom. The summed E-state index contributed by atoms with van der Waals surface area (Å²) in [5.74, 6) is -0.290. The third kappa shape index (κ3) is 3.83. The first-order valence-electron chi connectivity index (χ1n) is 9.20. The van der Waals surface area contributed by atoms with E-state index in [1.165, 1.54) is 6.20 Å². The van der Waals surface area contributed by atoms with Crippen molar-refractivity contribution in [2.24, 2.45) is 7.05 Å². The fourth-order valence-electron chi connectivity index (χ4n) is 3.55. The van der Waals surface area contributed by atoms with Gasteiger partial charge in [-0.15, -0.1) is 0 Å². The molecule has 0 N–H and O–H groups in total. The zero-order chi connectivity index (χ0) is 20.5. The van der Waals surface area contributed by atoms with Gasteiger partial charge in [0.05, 0.1) is 5.69 Å². The molecule has 0 atom stereocenters. The smallest absolute Gasteiger partial charge is 0.272 e. The first-order valence-corrected chi connectivity index (χ1v) is 9.20. The number of aromatic nitrogens is 3. The standard InChI is InChI=1S/C21H20F2N4O2/c1-13-17(11-26(2)25-13)15-5-3-14(4-6-15)9-27-10-16-7-8-24-20(19(16)21(27)28)29-12-18(22)23/h3-8,11,18H,9-10,12H2,1-2H3. The van der Waals surface area contributed by atoms with Crippen LogP contribution in [0.25, 0.3) is 11.1 Å². The van der Waals surface area contributed by atoms with Gasteiger partial charge in [-0.05, 0) is 29.7 Å². The lowest BCUT2D eigenvalue weighted by Gasteiger charge is -2.16. The van der Waals surface area contributed by atoms with Gasteiger partial charge >= 0.3 is 0 Å². The number of hydrogen-bond donors (Lipinski definition) is 0.